The van der Waals surface area contributed by atoms with E-state index in [-0.39, 0.29) is 0 Å². The minimum Gasteiger partial charge on any atom is -0.353 e. The van der Waals surface area contributed by atoms with E-state index < -0.39 is 0 Å². The smallest absolute Gasteiger partial charge is 0.146 e. The van der Waals surface area contributed by atoms with Gasteiger partial charge in [-0.2, -0.15) is 0 Å². The monoisotopic (exact) mass is 298 g/mol. The Hall–Kier alpha value is -0.680. The van der Waals surface area contributed by atoms with E-state index >= 15 is 0 Å². The van der Waals surface area contributed by atoms with Crippen LogP contribution in [-0.4, -0.2) is 29.1 Å². The fraction of sp³-hybridized carbons (Fsp3) is 0.667. The molecule has 0 amide bonds. The predicted octanol–water partition coefficient (Wildman–Crippen LogP) is 2.19. The lowest BCUT2D eigenvalue weighted by molar-refractivity contribution is 0.459. The van der Waals surface area contributed by atoms with Gasteiger partial charge in [-0.3, -0.25) is 0 Å². The minimum atomic E-state index is 0.524. The van der Waals surface area contributed by atoms with E-state index in [4.69, 9.17) is 5.73 Å². The van der Waals surface area contributed by atoms with E-state index in [1.165, 1.54) is 19.3 Å². The van der Waals surface area contributed by atoms with Crippen LogP contribution < -0.4 is 10.6 Å². The Balaban J connectivity index is 2.24. The molecule has 5 heteroatoms. The van der Waals surface area contributed by atoms with Gasteiger partial charge in [0.2, 0.25) is 0 Å². The first-order chi connectivity index (χ1) is 8.27. The van der Waals surface area contributed by atoms with Gasteiger partial charge in [0.25, 0.3) is 0 Å². The lowest BCUT2D eigenvalue weighted by Gasteiger charge is -2.33. The Morgan fingerprint density at radius 2 is 2.35 bits per heavy atom. The van der Waals surface area contributed by atoms with Crippen LogP contribution in [0, 0.1) is 5.92 Å². The summed E-state index contributed by atoms with van der Waals surface area (Å²) in [5, 5.41) is 0. The number of aromatic nitrogens is 2. The molecule has 2 N–H and O–H groups in total. The Morgan fingerprint density at radius 1 is 1.53 bits per heavy atom. The zero-order valence-electron chi connectivity index (χ0n) is 10.1. The Morgan fingerprint density at radius 3 is 3.00 bits per heavy atom. The summed E-state index contributed by atoms with van der Waals surface area (Å²) in [6, 6.07) is 0.524. The Kier molecular flexibility index (Phi) is 4.34. The average Bonchev–Trinajstić information content (AvgIpc) is 2.81. The van der Waals surface area contributed by atoms with E-state index in [0.717, 1.165) is 23.4 Å². The molecule has 1 aromatic heterocycles. The molecule has 1 aliphatic carbocycles. The SMILES string of the molecule is CCN(c1ncncc1Br)C1CCCC1CN. The number of nitrogens with two attached hydrogens (primary N) is 1. The Labute approximate surface area is 111 Å². The molecule has 2 rings (SSSR count). The average molecular weight is 299 g/mol. The van der Waals surface area contributed by atoms with Crippen LogP contribution in [0.3, 0.4) is 0 Å². The highest BCUT2D eigenvalue weighted by Gasteiger charge is 2.31. The predicted molar refractivity (Wildman–Crippen MR) is 72.9 cm³/mol. The number of hydrogen-bond acceptors (Lipinski definition) is 4. The Bertz CT molecular complexity index is 371. The van der Waals surface area contributed by atoms with Gasteiger partial charge in [0.15, 0.2) is 0 Å². The molecule has 0 bridgehead atoms. The van der Waals surface area contributed by atoms with E-state index in [9.17, 15) is 0 Å². The lowest BCUT2D eigenvalue weighted by Crippen LogP contribution is -2.41. The molecule has 0 aliphatic heterocycles. The molecule has 0 radical (unpaired) electrons. The second-order valence-electron chi connectivity index (χ2n) is 4.47. The summed E-state index contributed by atoms with van der Waals surface area (Å²) in [5.41, 5.74) is 5.86. The highest BCUT2D eigenvalue weighted by molar-refractivity contribution is 9.10. The maximum atomic E-state index is 5.86. The van der Waals surface area contributed by atoms with Crippen molar-refractivity contribution in [1.29, 1.82) is 0 Å². The van der Waals surface area contributed by atoms with Crippen LogP contribution >= 0.6 is 15.9 Å². The van der Waals surface area contributed by atoms with Gasteiger partial charge in [0, 0.05) is 18.8 Å². The second-order valence-corrected chi connectivity index (χ2v) is 5.33. The van der Waals surface area contributed by atoms with Gasteiger partial charge in [0.05, 0.1) is 4.47 Å². The summed E-state index contributed by atoms with van der Waals surface area (Å²) in [4.78, 5) is 10.8. The summed E-state index contributed by atoms with van der Waals surface area (Å²) < 4.78 is 0.963. The van der Waals surface area contributed by atoms with Crippen LogP contribution in [0.2, 0.25) is 0 Å². The summed E-state index contributed by atoms with van der Waals surface area (Å²) >= 11 is 3.53. The normalized spacial score (nSPS) is 23.9. The third-order valence-electron chi connectivity index (χ3n) is 3.58. The first-order valence-corrected chi connectivity index (χ1v) is 6.99. The van der Waals surface area contributed by atoms with Crippen LogP contribution in [0.25, 0.3) is 0 Å². The molecule has 1 aliphatic rings. The maximum absolute atomic E-state index is 5.86. The van der Waals surface area contributed by atoms with Crippen molar-refractivity contribution in [3.63, 3.8) is 0 Å². The van der Waals surface area contributed by atoms with Gasteiger partial charge in [-0.05, 0) is 48.2 Å². The summed E-state index contributed by atoms with van der Waals surface area (Å²) in [6.07, 6.45) is 7.13. The van der Waals surface area contributed by atoms with Crippen molar-refractivity contribution < 1.29 is 0 Å². The maximum Gasteiger partial charge on any atom is 0.146 e. The second kappa shape index (κ2) is 5.78. The molecule has 1 heterocycles. The van der Waals surface area contributed by atoms with Crippen molar-refractivity contribution in [1.82, 2.24) is 9.97 Å². The molecule has 1 saturated carbocycles. The lowest BCUT2D eigenvalue weighted by atomic mass is 10.0. The van der Waals surface area contributed by atoms with Crippen LogP contribution in [0.15, 0.2) is 17.0 Å². The molecule has 0 aromatic carbocycles. The zero-order valence-corrected chi connectivity index (χ0v) is 11.7. The van der Waals surface area contributed by atoms with Crippen molar-refractivity contribution in [2.24, 2.45) is 11.7 Å². The minimum absolute atomic E-state index is 0.524. The molecule has 1 fully saturated rings. The fourth-order valence-electron chi connectivity index (χ4n) is 2.76. The van der Waals surface area contributed by atoms with E-state index in [2.05, 4.69) is 37.7 Å². The highest BCUT2D eigenvalue weighted by Crippen LogP contribution is 2.33. The molecule has 2 atom stereocenters. The third kappa shape index (κ3) is 2.60. The molecule has 2 unspecified atom stereocenters. The summed E-state index contributed by atoms with van der Waals surface area (Å²) in [6.45, 7) is 3.89. The van der Waals surface area contributed by atoms with Crippen molar-refractivity contribution in [2.45, 2.75) is 32.2 Å². The number of rotatable bonds is 4. The summed E-state index contributed by atoms with van der Waals surface area (Å²) in [5.74, 6) is 1.59. The molecular formula is C12H19BrN4. The first-order valence-electron chi connectivity index (χ1n) is 6.20. The van der Waals surface area contributed by atoms with Gasteiger partial charge in [-0.15, -0.1) is 0 Å². The van der Waals surface area contributed by atoms with E-state index in [1.54, 1.807) is 12.5 Å². The van der Waals surface area contributed by atoms with Crippen molar-refractivity contribution in [3.05, 3.63) is 17.0 Å². The van der Waals surface area contributed by atoms with Gasteiger partial charge in [0.1, 0.15) is 12.1 Å². The number of hydrogen-bond donors (Lipinski definition) is 1. The van der Waals surface area contributed by atoms with Gasteiger partial charge >= 0.3 is 0 Å². The van der Waals surface area contributed by atoms with Crippen LogP contribution in [0.4, 0.5) is 5.82 Å². The van der Waals surface area contributed by atoms with Gasteiger partial charge < -0.3 is 10.6 Å². The first kappa shape index (κ1) is 12.8. The molecule has 4 nitrogen and oxygen atoms in total. The van der Waals surface area contributed by atoms with Crippen LogP contribution in [0.1, 0.15) is 26.2 Å². The fourth-order valence-corrected chi connectivity index (χ4v) is 3.21. The molecular weight excluding hydrogens is 280 g/mol. The van der Waals surface area contributed by atoms with E-state index in [1.807, 2.05) is 0 Å². The molecule has 1 aromatic rings. The number of nitrogens with zero attached hydrogens (tertiary/aromatic N) is 3. The molecule has 0 spiro atoms. The number of anilines is 1. The standard InChI is InChI=1S/C12H19BrN4/c1-2-17(11-5-3-4-9(11)6-14)12-10(13)7-15-8-16-12/h7-9,11H,2-6,14H2,1H3. The topological polar surface area (TPSA) is 55.0 Å². The van der Waals surface area contributed by atoms with Crippen molar-refractivity contribution >= 4 is 21.7 Å². The zero-order chi connectivity index (χ0) is 12.3. The largest absolute Gasteiger partial charge is 0.353 e. The molecule has 17 heavy (non-hydrogen) atoms. The number of halogens is 1. The van der Waals surface area contributed by atoms with Gasteiger partial charge in [-0.25, -0.2) is 9.97 Å². The van der Waals surface area contributed by atoms with Crippen LogP contribution in [-0.2, 0) is 0 Å². The quantitative estimate of drug-likeness (QED) is 0.926. The highest BCUT2D eigenvalue weighted by atomic mass is 79.9. The van der Waals surface area contributed by atoms with Crippen LogP contribution in [0.5, 0.6) is 0 Å². The van der Waals surface area contributed by atoms with E-state index in [0.29, 0.717) is 12.0 Å². The third-order valence-corrected chi connectivity index (χ3v) is 4.14. The van der Waals surface area contributed by atoms with Crippen molar-refractivity contribution in [3.8, 4) is 0 Å². The molecule has 0 saturated heterocycles. The summed E-state index contributed by atoms with van der Waals surface area (Å²) in [7, 11) is 0. The molecule has 94 valence electrons. The van der Waals surface area contributed by atoms with Gasteiger partial charge in [-0.1, -0.05) is 6.42 Å². The van der Waals surface area contributed by atoms with Crippen molar-refractivity contribution in [2.75, 3.05) is 18.0 Å².